The van der Waals surface area contributed by atoms with Gasteiger partial charge in [-0.3, -0.25) is 14.4 Å². The molecule has 0 fully saturated rings. The van der Waals surface area contributed by atoms with Crippen molar-refractivity contribution < 1.29 is 69.4 Å². The first kappa shape index (κ1) is 42.2. The van der Waals surface area contributed by atoms with Crippen molar-refractivity contribution in [1.82, 2.24) is 0 Å². The molecule has 2 aromatic carbocycles. The summed E-state index contributed by atoms with van der Waals surface area (Å²) < 4.78 is 21.7. The van der Waals surface area contributed by atoms with Gasteiger partial charge in [0.15, 0.2) is 28.8 Å². The van der Waals surface area contributed by atoms with Crippen LogP contribution in [0.15, 0.2) is 24.3 Å². The van der Waals surface area contributed by atoms with Crippen molar-refractivity contribution in [3.05, 3.63) is 42.5 Å². The minimum absolute atomic E-state index is 0. The third-order valence-electron chi connectivity index (χ3n) is 3.86. The first-order valence-corrected chi connectivity index (χ1v) is 11.4. The van der Waals surface area contributed by atoms with Crippen molar-refractivity contribution in [2.45, 2.75) is 48.7 Å². The van der Waals surface area contributed by atoms with E-state index in [4.69, 9.17) is 18.9 Å². The summed E-state index contributed by atoms with van der Waals surface area (Å²) in [5.74, 6) is 0.671. The van der Waals surface area contributed by atoms with E-state index in [9.17, 15) is 19.5 Å². The van der Waals surface area contributed by atoms with E-state index < -0.39 is 18.0 Å². The van der Waals surface area contributed by atoms with Crippen LogP contribution in [0.25, 0.3) is 0 Å². The number of Topliss-reactive ketones (excluding diaryl/α,β-unsaturated/α-hetero) is 1. The SMILES string of the molecule is C.C.COc1cc(C(C)=O)cc(I)c1OC(C)=O.COc1cc(C(C)O)cc(I)c1OC(C)=O.[B].[H-].[Na+]. The van der Waals surface area contributed by atoms with Gasteiger partial charge in [-0.25, -0.2) is 0 Å². The van der Waals surface area contributed by atoms with Crippen LogP contribution in [0.4, 0.5) is 0 Å². The number of ether oxygens (including phenoxy) is 4. The number of hydrogen-bond acceptors (Lipinski definition) is 8. The summed E-state index contributed by atoms with van der Waals surface area (Å²) in [7, 11) is 2.95. The van der Waals surface area contributed by atoms with Gasteiger partial charge in [0.05, 0.1) is 27.5 Å². The molecular weight excluding hydrogens is 704 g/mol. The van der Waals surface area contributed by atoms with Gasteiger partial charge in [-0.1, -0.05) is 14.9 Å². The Kier molecular flexibility index (Phi) is 23.6. The number of esters is 2. The Labute approximate surface area is 266 Å². The molecule has 3 radical (unpaired) electrons. The molecule has 0 aromatic heterocycles. The maximum absolute atomic E-state index is 11.2. The van der Waals surface area contributed by atoms with E-state index in [0.29, 0.717) is 32.1 Å². The largest absolute Gasteiger partial charge is 1.00 e. The number of rotatable bonds is 6. The first-order chi connectivity index (χ1) is 14.9. The van der Waals surface area contributed by atoms with E-state index >= 15 is 0 Å². The van der Waals surface area contributed by atoms with Gasteiger partial charge in [0.2, 0.25) is 0 Å². The molecule has 1 atom stereocenters. The van der Waals surface area contributed by atoms with E-state index in [-0.39, 0.29) is 60.0 Å². The minimum Gasteiger partial charge on any atom is -1.00 e. The van der Waals surface area contributed by atoms with Gasteiger partial charge < -0.3 is 25.5 Å². The third-order valence-corrected chi connectivity index (χ3v) is 5.46. The summed E-state index contributed by atoms with van der Waals surface area (Å²) in [6.07, 6.45) is -0.589. The molecule has 1 unspecified atom stereocenters. The average molecular weight is 737 g/mol. The van der Waals surface area contributed by atoms with Crippen molar-refractivity contribution in [2.24, 2.45) is 0 Å². The molecule has 0 saturated heterocycles. The summed E-state index contributed by atoms with van der Waals surface area (Å²) in [6, 6.07) is 6.63. The number of carbonyl (C=O) groups excluding carboxylic acids is 3. The van der Waals surface area contributed by atoms with Crippen molar-refractivity contribution in [1.29, 1.82) is 0 Å². The average Bonchev–Trinajstić information content (AvgIpc) is 2.70. The van der Waals surface area contributed by atoms with Crippen LogP contribution >= 0.6 is 45.2 Å². The number of benzene rings is 2. The topological polar surface area (TPSA) is 108 Å². The molecule has 2 aromatic rings. The van der Waals surface area contributed by atoms with Gasteiger partial charge in [-0.2, -0.15) is 0 Å². The Morgan fingerprint density at radius 2 is 1.22 bits per heavy atom. The number of carbonyl (C=O) groups is 3. The zero-order chi connectivity index (χ0) is 24.6. The molecule has 1 N–H and O–H groups in total. The van der Waals surface area contributed by atoms with Crippen LogP contribution in [0.1, 0.15) is 66.0 Å². The van der Waals surface area contributed by atoms with E-state index in [0.717, 1.165) is 9.13 Å². The predicted molar refractivity (Wildman–Crippen MR) is 155 cm³/mol. The number of aliphatic hydroxyl groups is 1. The van der Waals surface area contributed by atoms with Gasteiger partial charge in [-0.05, 0) is 88.9 Å². The Bertz CT molecular complexity index is 1020. The number of aliphatic hydroxyl groups excluding tert-OH is 1. The number of hydrogen-bond donors (Lipinski definition) is 1. The summed E-state index contributed by atoms with van der Waals surface area (Å²) >= 11 is 4.03. The summed E-state index contributed by atoms with van der Waals surface area (Å²) in [4.78, 5) is 33.1. The summed E-state index contributed by atoms with van der Waals surface area (Å²) in [5, 5.41) is 9.47. The molecule has 195 valence electrons. The fraction of sp³-hybridized carbons (Fsp3) is 0.375. The molecule has 0 heterocycles. The molecule has 0 spiro atoms. The monoisotopic (exact) mass is 737 g/mol. The Hall–Kier alpha value is -0.865. The Morgan fingerprint density at radius 3 is 1.56 bits per heavy atom. The Morgan fingerprint density at radius 1 is 0.833 bits per heavy atom. The minimum atomic E-state index is -0.589. The molecule has 2 rings (SSSR count). The molecule has 0 aliphatic rings. The molecule has 0 aliphatic heterocycles. The fourth-order valence-electron chi connectivity index (χ4n) is 2.39. The molecule has 0 bridgehead atoms. The molecule has 0 saturated carbocycles. The van der Waals surface area contributed by atoms with Crippen LogP contribution in [-0.2, 0) is 9.59 Å². The maximum atomic E-state index is 11.2. The standard InChI is InChI=1S/C11H13IO4.C11H11IO4.2CH4.B.Na.H/c2*1-6(13)8-4-9(12)11(16-7(2)14)10(5-8)15-3;;;;;/h4-6,13H,1-3H3;4-5H,1-3H3;2*1H4;;;/q;;;;;+1;-1. The predicted octanol–water partition coefficient (Wildman–Crippen LogP) is 2.71. The van der Waals surface area contributed by atoms with Crippen molar-refractivity contribution in [3.63, 3.8) is 0 Å². The zero-order valence-electron chi connectivity index (χ0n) is 21.0. The summed E-state index contributed by atoms with van der Waals surface area (Å²) in [6.45, 7) is 5.78. The van der Waals surface area contributed by atoms with Gasteiger partial charge in [0.25, 0.3) is 0 Å². The van der Waals surface area contributed by atoms with Gasteiger partial charge in [0.1, 0.15) is 0 Å². The van der Waals surface area contributed by atoms with Crippen LogP contribution in [0.3, 0.4) is 0 Å². The Balaban J connectivity index is -0.000000163. The molecule has 0 aliphatic carbocycles. The van der Waals surface area contributed by atoms with Gasteiger partial charge >= 0.3 is 41.5 Å². The van der Waals surface area contributed by atoms with Gasteiger partial charge in [-0.15, -0.1) is 0 Å². The van der Waals surface area contributed by atoms with Crippen LogP contribution in [0.5, 0.6) is 23.0 Å². The number of ketones is 1. The smallest absolute Gasteiger partial charge is 1.00 e. The number of methoxy groups -OCH3 is 2. The molecule has 12 heteroatoms. The third kappa shape index (κ3) is 13.1. The van der Waals surface area contributed by atoms with Crippen LogP contribution in [0.2, 0.25) is 0 Å². The van der Waals surface area contributed by atoms with Crippen LogP contribution < -0.4 is 48.5 Å². The van der Waals surface area contributed by atoms with Crippen molar-refractivity contribution >= 4 is 71.3 Å². The van der Waals surface area contributed by atoms with Crippen LogP contribution in [0, 0.1) is 7.14 Å². The van der Waals surface area contributed by atoms with Crippen LogP contribution in [-0.4, -0.2) is 45.5 Å². The quantitative estimate of drug-likeness (QED) is 0.159. The van der Waals surface area contributed by atoms with E-state index in [1.165, 1.54) is 35.0 Å². The fourth-order valence-corrected chi connectivity index (χ4v) is 3.84. The first-order valence-electron chi connectivity index (χ1n) is 9.22. The van der Waals surface area contributed by atoms with Crippen molar-refractivity contribution in [2.75, 3.05) is 14.2 Å². The second-order valence-corrected chi connectivity index (χ2v) is 8.77. The zero-order valence-corrected chi connectivity index (χ0v) is 26.3. The second-order valence-electron chi connectivity index (χ2n) is 6.44. The maximum Gasteiger partial charge on any atom is 1.00 e. The van der Waals surface area contributed by atoms with E-state index in [1.54, 1.807) is 31.2 Å². The molecule has 36 heavy (non-hydrogen) atoms. The van der Waals surface area contributed by atoms with E-state index in [2.05, 4.69) is 0 Å². The molecule has 8 nitrogen and oxygen atoms in total. The summed E-state index contributed by atoms with van der Waals surface area (Å²) in [5.41, 5.74) is 1.24. The van der Waals surface area contributed by atoms with Gasteiger partial charge in [0, 0.05) is 27.8 Å². The number of halogens is 2. The second kappa shape index (κ2) is 20.1. The molecule has 0 amide bonds. The van der Waals surface area contributed by atoms with E-state index in [1.807, 2.05) is 45.2 Å². The normalized spacial score (nSPS) is 9.69. The molecular formula is C24H33BI2NaO8. The van der Waals surface area contributed by atoms with Crippen molar-refractivity contribution in [3.8, 4) is 23.0 Å².